The Labute approximate surface area is 104 Å². The van der Waals surface area contributed by atoms with E-state index < -0.39 is 0 Å². The summed E-state index contributed by atoms with van der Waals surface area (Å²) in [4.78, 5) is 2.49. The molecular weight excluding hydrogens is 210 g/mol. The van der Waals surface area contributed by atoms with Gasteiger partial charge in [-0.25, -0.2) is 0 Å². The van der Waals surface area contributed by atoms with Crippen LogP contribution in [0.25, 0.3) is 0 Å². The molecule has 1 aromatic carbocycles. The van der Waals surface area contributed by atoms with E-state index >= 15 is 0 Å². The summed E-state index contributed by atoms with van der Waals surface area (Å²) in [7, 11) is 0. The molecule has 1 fully saturated rings. The fraction of sp³-hybridized carbons (Fsp3) is 0.600. The van der Waals surface area contributed by atoms with Gasteiger partial charge in [0.25, 0.3) is 0 Å². The summed E-state index contributed by atoms with van der Waals surface area (Å²) in [5.41, 5.74) is 2.77. The molecule has 0 aliphatic carbocycles. The summed E-state index contributed by atoms with van der Waals surface area (Å²) >= 11 is 0. The van der Waals surface area contributed by atoms with Gasteiger partial charge in [0.15, 0.2) is 0 Å². The molecule has 0 aromatic heterocycles. The van der Waals surface area contributed by atoms with E-state index in [9.17, 15) is 0 Å². The third-order valence-corrected chi connectivity index (χ3v) is 4.19. The molecule has 2 heteroatoms. The minimum absolute atomic E-state index is 0.149. The fourth-order valence-electron chi connectivity index (χ4n) is 3.06. The smallest absolute Gasteiger partial charge is 0.0434 e. The average Bonchev–Trinajstić information content (AvgIpc) is 2.55. The fourth-order valence-corrected chi connectivity index (χ4v) is 3.06. The molecule has 0 amide bonds. The highest BCUT2D eigenvalue weighted by molar-refractivity contribution is 5.52. The first kappa shape index (κ1) is 12.4. The van der Waals surface area contributed by atoms with E-state index in [0.717, 1.165) is 13.0 Å². The molecule has 0 bridgehead atoms. The monoisotopic (exact) mass is 233 g/mol. The number of benzene rings is 1. The van der Waals surface area contributed by atoms with Gasteiger partial charge >= 0.3 is 0 Å². The van der Waals surface area contributed by atoms with E-state index in [1.54, 1.807) is 0 Å². The molecule has 2 rings (SSSR count). The van der Waals surface area contributed by atoms with Crippen molar-refractivity contribution in [3.63, 3.8) is 0 Å². The number of aliphatic hydroxyl groups is 1. The maximum Gasteiger partial charge on any atom is 0.0434 e. The first-order chi connectivity index (χ1) is 8.05. The van der Waals surface area contributed by atoms with Crippen LogP contribution in [0.15, 0.2) is 24.3 Å². The second-order valence-corrected chi connectivity index (χ2v) is 5.64. The predicted octanol–water partition coefficient (Wildman–Crippen LogP) is 2.98. The maximum absolute atomic E-state index is 9.14. The molecule has 1 unspecified atom stereocenters. The zero-order valence-corrected chi connectivity index (χ0v) is 11.1. The number of nitrogens with zero attached hydrogens (tertiary/aromatic N) is 1. The van der Waals surface area contributed by atoms with Crippen LogP contribution < -0.4 is 4.90 Å². The van der Waals surface area contributed by atoms with Crippen LogP contribution in [0.3, 0.4) is 0 Å². The summed E-state index contributed by atoms with van der Waals surface area (Å²) in [5.74, 6) is 0.591. The van der Waals surface area contributed by atoms with E-state index in [2.05, 4.69) is 49.9 Å². The third-order valence-electron chi connectivity index (χ3n) is 4.19. The molecule has 94 valence electrons. The quantitative estimate of drug-likeness (QED) is 0.867. The van der Waals surface area contributed by atoms with E-state index in [4.69, 9.17) is 5.11 Å². The summed E-state index contributed by atoms with van der Waals surface area (Å²) < 4.78 is 0. The van der Waals surface area contributed by atoms with Crippen LogP contribution in [-0.2, 0) is 0 Å². The number of hydrogen-bond acceptors (Lipinski definition) is 2. The Balaban J connectivity index is 2.23. The molecule has 0 radical (unpaired) electrons. The molecule has 0 saturated carbocycles. The SMILES string of the molecule is Cc1cccc(N2CCC(CCO)C2(C)C)c1. The lowest BCUT2D eigenvalue weighted by molar-refractivity contribution is 0.229. The van der Waals surface area contributed by atoms with Crippen LogP contribution in [0.5, 0.6) is 0 Å². The van der Waals surface area contributed by atoms with Crippen molar-refractivity contribution in [2.45, 2.75) is 39.2 Å². The first-order valence-electron chi connectivity index (χ1n) is 6.51. The molecule has 1 aliphatic rings. The Hall–Kier alpha value is -1.02. The van der Waals surface area contributed by atoms with Gasteiger partial charge in [-0.3, -0.25) is 0 Å². The van der Waals surface area contributed by atoms with E-state index in [1.807, 2.05) is 0 Å². The van der Waals surface area contributed by atoms with Gasteiger partial charge in [0.05, 0.1) is 0 Å². The van der Waals surface area contributed by atoms with Crippen LogP contribution >= 0.6 is 0 Å². The summed E-state index contributed by atoms with van der Waals surface area (Å²) in [6.07, 6.45) is 2.09. The number of anilines is 1. The van der Waals surface area contributed by atoms with Crippen molar-refractivity contribution in [1.29, 1.82) is 0 Å². The molecule has 0 spiro atoms. The Kier molecular flexibility index (Phi) is 3.43. The lowest BCUT2D eigenvalue weighted by Gasteiger charge is -2.38. The van der Waals surface area contributed by atoms with Gasteiger partial charge in [0.1, 0.15) is 0 Å². The van der Waals surface area contributed by atoms with Crippen molar-refractivity contribution in [1.82, 2.24) is 0 Å². The Bertz CT molecular complexity index is 386. The molecule has 1 N–H and O–H groups in total. The van der Waals surface area contributed by atoms with Gasteiger partial charge in [-0.05, 0) is 57.2 Å². The predicted molar refractivity (Wildman–Crippen MR) is 72.4 cm³/mol. The van der Waals surface area contributed by atoms with Crippen molar-refractivity contribution < 1.29 is 5.11 Å². The van der Waals surface area contributed by atoms with E-state index in [-0.39, 0.29) is 5.54 Å². The first-order valence-corrected chi connectivity index (χ1v) is 6.51. The minimum Gasteiger partial charge on any atom is -0.396 e. The Morgan fingerprint density at radius 2 is 2.18 bits per heavy atom. The van der Waals surface area contributed by atoms with Crippen molar-refractivity contribution in [3.8, 4) is 0 Å². The molecule has 17 heavy (non-hydrogen) atoms. The Morgan fingerprint density at radius 3 is 2.82 bits per heavy atom. The highest BCUT2D eigenvalue weighted by Gasteiger charge is 2.40. The number of hydrogen-bond donors (Lipinski definition) is 1. The third kappa shape index (κ3) is 2.32. The molecule has 2 nitrogen and oxygen atoms in total. The van der Waals surface area contributed by atoms with Gasteiger partial charge in [0, 0.05) is 24.4 Å². The number of aryl methyl sites for hydroxylation is 1. The largest absolute Gasteiger partial charge is 0.396 e. The Morgan fingerprint density at radius 1 is 1.41 bits per heavy atom. The van der Waals surface area contributed by atoms with Crippen LogP contribution in [0.4, 0.5) is 5.69 Å². The van der Waals surface area contributed by atoms with Crippen molar-refractivity contribution in [3.05, 3.63) is 29.8 Å². The van der Waals surface area contributed by atoms with Crippen molar-refractivity contribution in [2.75, 3.05) is 18.1 Å². The van der Waals surface area contributed by atoms with E-state index in [0.29, 0.717) is 12.5 Å². The molecule has 1 saturated heterocycles. The van der Waals surface area contributed by atoms with Gasteiger partial charge in [0.2, 0.25) is 0 Å². The van der Waals surface area contributed by atoms with E-state index in [1.165, 1.54) is 17.7 Å². The average molecular weight is 233 g/mol. The standard InChI is InChI=1S/C15H23NO/c1-12-5-4-6-14(11-12)16-9-7-13(8-10-17)15(16,2)3/h4-6,11,13,17H,7-10H2,1-3H3. The van der Waals surface area contributed by atoms with Crippen LogP contribution in [-0.4, -0.2) is 23.8 Å². The lowest BCUT2D eigenvalue weighted by atomic mass is 9.86. The summed E-state index contributed by atoms with van der Waals surface area (Å²) in [5, 5.41) is 9.14. The van der Waals surface area contributed by atoms with Gasteiger partial charge in [-0.2, -0.15) is 0 Å². The topological polar surface area (TPSA) is 23.5 Å². The maximum atomic E-state index is 9.14. The normalized spacial score (nSPS) is 23.1. The highest BCUT2D eigenvalue weighted by atomic mass is 16.3. The van der Waals surface area contributed by atoms with Gasteiger partial charge in [-0.1, -0.05) is 12.1 Å². The minimum atomic E-state index is 0.149. The zero-order valence-electron chi connectivity index (χ0n) is 11.1. The molecule has 1 aliphatic heterocycles. The number of rotatable bonds is 3. The summed E-state index contributed by atoms with van der Waals surface area (Å²) in [6.45, 7) is 8.12. The second kappa shape index (κ2) is 4.69. The second-order valence-electron chi connectivity index (χ2n) is 5.64. The lowest BCUT2D eigenvalue weighted by Crippen LogP contribution is -2.42. The van der Waals surface area contributed by atoms with Gasteiger partial charge in [-0.15, -0.1) is 0 Å². The highest BCUT2D eigenvalue weighted by Crippen LogP contribution is 2.39. The van der Waals surface area contributed by atoms with Crippen LogP contribution in [0.2, 0.25) is 0 Å². The molecule has 1 atom stereocenters. The number of aliphatic hydroxyl groups excluding tert-OH is 1. The summed E-state index contributed by atoms with van der Waals surface area (Å²) in [6, 6.07) is 8.71. The van der Waals surface area contributed by atoms with Crippen LogP contribution in [0.1, 0.15) is 32.3 Å². The molecule has 1 heterocycles. The van der Waals surface area contributed by atoms with Gasteiger partial charge < -0.3 is 10.0 Å². The van der Waals surface area contributed by atoms with Crippen molar-refractivity contribution in [2.24, 2.45) is 5.92 Å². The zero-order chi connectivity index (χ0) is 12.5. The molecule has 1 aromatic rings. The van der Waals surface area contributed by atoms with Crippen LogP contribution in [0, 0.1) is 12.8 Å². The molecular formula is C15H23NO. The van der Waals surface area contributed by atoms with Crippen molar-refractivity contribution >= 4 is 5.69 Å².